The second-order valence-electron chi connectivity index (χ2n) is 3.87. The van der Waals surface area contributed by atoms with Gasteiger partial charge in [0.05, 0.1) is 6.07 Å². The Labute approximate surface area is 85.1 Å². The molecule has 0 aliphatic carbocycles. The Morgan fingerprint density at radius 2 is 2.14 bits per heavy atom. The van der Waals surface area contributed by atoms with Crippen LogP contribution in [-0.4, -0.2) is 48.9 Å². The standard InChI is InChI=1S/C10H17N3O/c1-12-7-4-9(5-8-12)13(2)10(14)3-6-11/h9H,3-5,7-8H2,1-2H3. The van der Waals surface area contributed by atoms with Crippen LogP contribution in [0.5, 0.6) is 0 Å². The largest absolute Gasteiger partial charge is 0.342 e. The molecule has 1 rings (SSSR count). The Balaban J connectivity index is 2.41. The fourth-order valence-electron chi connectivity index (χ4n) is 1.78. The summed E-state index contributed by atoms with van der Waals surface area (Å²) < 4.78 is 0. The number of rotatable bonds is 2. The third-order valence-electron chi connectivity index (χ3n) is 2.86. The van der Waals surface area contributed by atoms with E-state index in [0.29, 0.717) is 6.04 Å². The average Bonchev–Trinajstić information content (AvgIpc) is 2.18. The molecular weight excluding hydrogens is 178 g/mol. The molecule has 0 aromatic carbocycles. The van der Waals surface area contributed by atoms with Crippen molar-refractivity contribution in [1.29, 1.82) is 5.26 Å². The summed E-state index contributed by atoms with van der Waals surface area (Å²) in [5.74, 6) is -0.0537. The fraction of sp³-hybridized carbons (Fsp3) is 0.800. The number of carbonyl (C=O) groups excluding carboxylic acids is 1. The van der Waals surface area contributed by atoms with Crippen molar-refractivity contribution in [1.82, 2.24) is 9.80 Å². The summed E-state index contributed by atoms with van der Waals surface area (Å²) in [7, 11) is 3.89. The Kier molecular flexibility index (Phi) is 3.90. The lowest BCUT2D eigenvalue weighted by Crippen LogP contribution is -2.44. The molecule has 78 valence electrons. The predicted octanol–water partition coefficient (Wildman–Crippen LogP) is 0.453. The number of likely N-dealkylation sites (tertiary alicyclic amines) is 1. The highest BCUT2D eigenvalue weighted by Gasteiger charge is 2.23. The van der Waals surface area contributed by atoms with Crippen LogP contribution >= 0.6 is 0 Å². The van der Waals surface area contributed by atoms with Gasteiger partial charge in [0.25, 0.3) is 0 Å². The number of hydrogen-bond acceptors (Lipinski definition) is 3. The predicted molar refractivity (Wildman–Crippen MR) is 53.5 cm³/mol. The molecule has 4 nitrogen and oxygen atoms in total. The molecule has 14 heavy (non-hydrogen) atoms. The third-order valence-corrected chi connectivity index (χ3v) is 2.86. The van der Waals surface area contributed by atoms with Gasteiger partial charge in [-0.25, -0.2) is 0 Å². The first-order valence-corrected chi connectivity index (χ1v) is 4.96. The fourth-order valence-corrected chi connectivity index (χ4v) is 1.78. The van der Waals surface area contributed by atoms with Gasteiger partial charge in [-0.3, -0.25) is 4.79 Å². The van der Waals surface area contributed by atoms with E-state index in [-0.39, 0.29) is 12.3 Å². The zero-order valence-electron chi connectivity index (χ0n) is 8.86. The van der Waals surface area contributed by atoms with Crippen LogP contribution in [0, 0.1) is 11.3 Å². The topological polar surface area (TPSA) is 47.3 Å². The molecule has 0 aromatic rings. The maximum Gasteiger partial charge on any atom is 0.236 e. The van der Waals surface area contributed by atoms with Gasteiger partial charge in [0.2, 0.25) is 5.91 Å². The summed E-state index contributed by atoms with van der Waals surface area (Å²) in [6, 6.07) is 2.22. The van der Waals surface area contributed by atoms with Crippen LogP contribution in [0.25, 0.3) is 0 Å². The molecule has 0 bridgehead atoms. The van der Waals surface area contributed by atoms with Crippen molar-refractivity contribution in [3.63, 3.8) is 0 Å². The number of hydrogen-bond donors (Lipinski definition) is 0. The maximum absolute atomic E-state index is 11.4. The summed E-state index contributed by atoms with van der Waals surface area (Å²) in [4.78, 5) is 15.4. The van der Waals surface area contributed by atoms with Gasteiger partial charge in [-0.05, 0) is 33.0 Å². The normalized spacial score (nSPS) is 18.9. The summed E-state index contributed by atoms with van der Waals surface area (Å²) in [6.45, 7) is 2.07. The highest BCUT2D eigenvalue weighted by Crippen LogP contribution is 2.14. The Bertz CT molecular complexity index is 238. The molecule has 0 radical (unpaired) electrons. The molecule has 0 saturated carbocycles. The Morgan fingerprint density at radius 3 is 2.64 bits per heavy atom. The number of nitriles is 1. The van der Waals surface area contributed by atoms with Gasteiger partial charge in [-0.1, -0.05) is 0 Å². The molecule has 0 unspecified atom stereocenters. The molecule has 1 fully saturated rings. The first-order valence-electron chi connectivity index (χ1n) is 4.96. The molecule has 0 atom stereocenters. The molecule has 0 N–H and O–H groups in total. The van der Waals surface area contributed by atoms with E-state index >= 15 is 0 Å². The zero-order chi connectivity index (χ0) is 10.6. The number of carbonyl (C=O) groups is 1. The first-order chi connectivity index (χ1) is 6.65. The molecule has 4 heteroatoms. The van der Waals surface area contributed by atoms with Gasteiger partial charge in [-0.15, -0.1) is 0 Å². The van der Waals surface area contributed by atoms with Gasteiger partial charge in [0, 0.05) is 13.1 Å². The highest BCUT2D eigenvalue weighted by atomic mass is 16.2. The van der Waals surface area contributed by atoms with Crippen molar-refractivity contribution >= 4 is 5.91 Å². The summed E-state index contributed by atoms with van der Waals surface area (Å²) in [6.07, 6.45) is 2.04. The summed E-state index contributed by atoms with van der Waals surface area (Å²) in [5, 5.41) is 8.42. The molecular formula is C10H17N3O. The third kappa shape index (κ3) is 2.71. The molecule has 0 spiro atoms. The molecule has 1 aliphatic rings. The van der Waals surface area contributed by atoms with Crippen molar-refractivity contribution in [2.24, 2.45) is 0 Å². The smallest absolute Gasteiger partial charge is 0.236 e. The molecule has 1 aliphatic heterocycles. The van der Waals surface area contributed by atoms with Crippen LogP contribution in [0.15, 0.2) is 0 Å². The van der Waals surface area contributed by atoms with Crippen LogP contribution in [-0.2, 0) is 4.79 Å². The van der Waals surface area contributed by atoms with E-state index in [2.05, 4.69) is 11.9 Å². The number of piperidine rings is 1. The van der Waals surface area contributed by atoms with Crippen LogP contribution in [0.2, 0.25) is 0 Å². The van der Waals surface area contributed by atoms with Crippen molar-refractivity contribution in [3.05, 3.63) is 0 Å². The lowest BCUT2D eigenvalue weighted by molar-refractivity contribution is -0.131. The quantitative estimate of drug-likeness (QED) is 0.643. The molecule has 0 aromatic heterocycles. The van der Waals surface area contributed by atoms with Crippen LogP contribution in [0.1, 0.15) is 19.3 Å². The summed E-state index contributed by atoms with van der Waals surface area (Å²) >= 11 is 0. The van der Waals surface area contributed by atoms with E-state index in [1.54, 1.807) is 11.9 Å². The average molecular weight is 195 g/mol. The van der Waals surface area contributed by atoms with Gasteiger partial charge in [-0.2, -0.15) is 5.26 Å². The van der Waals surface area contributed by atoms with Crippen molar-refractivity contribution in [2.75, 3.05) is 27.2 Å². The van der Waals surface area contributed by atoms with Crippen molar-refractivity contribution < 1.29 is 4.79 Å². The highest BCUT2D eigenvalue weighted by molar-refractivity contribution is 5.78. The van der Waals surface area contributed by atoms with Crippen LogP contribution < -0.4 is 0 Å². The van der Waals surface area contributed by atoms with E-state index in [4.69, 9.17) is 5.26 Å². The van der Waals surface area contributed by atoms with E-state index in [1.165, 1.54) is 0 Å². The lowest BCUT2D eigenvalue weighted by atomic mass is 10.0. The second kappa shape index (κ2) is 4.97. The molecule has 1 amide bonds. The van der Waals surface area contributed by atoms with Crippen LogP contribution in [0.3, 0.4) is 0 Å². The Hall–Kier alpha value is -1.08. The van der Waals surface area contributed by atoms with Crippen molar-refractivity contribution in [3.8, 4) is 6.07 Å². The van der Waals surface area contributed by atoms with Crippen molar-refractivity contribution in [2.45, 2.75) is 25.3 Å². The molecule has 1 saturated heterocycles. The van der Waals surface area contributed by atoms with Gasteiger partial charge < -0.3 is 9.80 Å². The first kappa shape index (κ1) is 11.0. The van der Waals surface area contributed by atoms with Gasteiger partial charge in [0.1, 0.15) is 6.42 Å². The van der Waals surface area contributed by atoms with E-state index in [1.807, 2.05) is 6.07 Å². The SMILES string of the molecule is CN1CCC(N(C)C(=O)CC#N)CC1. The van der Waals surface area contributed by atoms with Crippen LogP contribution in [0.4, 0.5) is 0 Å². The Morgan fingerprint density at radius 1 is 1.57 bits per heavy atom. The van der Waals surface area contributed by atoms with E-state index in [0.717, 1.165) is 25.9 Å². The minimum absolute atomic E-state index is 0.00282. The number of amides is 1. The number of nitrogens with zero attached hydrogens (tertiary/aromatic N) is 3. The molecule has 1 heterocycles. The van der Waals surface area contributed by atoms with Gasteiger partial charge in [0.15, 0.2) is 0 Å². The lowest BCUT2D eigenvalue weighted by Gasteiger charge is -2.34. The van der Waals surface area contributed by atoms with E-state index < -0.39 is 0 Å². The van der Waals surface area contributed by atoms with E-state index in [9.17, 15) is 4.79 Å². The maximum atomic E-state index is 11.4. The second-order valence-corrected chi connectivity index (χ2v) is 3.87. The minimum Gasteiger partial charge on any atom is -0.342 e. The minimum atomic E-state index is -0.0537. The van der Waals surface area contributed by atoms with Gasteiger partial charge >= 0.3 is 0 Å². The zero-order valence-corrected chi connectivity index (χ0v) is 8.86. The summed E-state index contributed by atoms with van der Waals surface area (Å²) in [5.41, 5.74) is 0. The monoisotopic (exact) mass is 195 g/mol.